The number of aromatic nitrogens is 2. The van der Waals surface area contributed by atoms with Gasteiger partial charge in [0.2, 0.25) is 5.91 Å². The van der Waals surface area contributed by atoms with Crippen LogP contribution in [-0.2, 0) is 14.6 Å². The van der Waals surface area contributed by atoms with Crippen molar-refractivity contribution in [2.75, 3.05) is 30.0 Å². The second-order valence-electron chi connectivity index (χ2n) is 12.3. The predicted molar refractivity (Wildman–Crippen MR) is 182 cm³/mol. The lowest BCUT2D eigenvalue weighted by atomic mass is 9.97. The zero-order valence-corrected chi connectivity index (χ0v) is 28.5. The number of pyridine rings is 2. The van der Waals surface area contributed by atoms with Crippen LogP contribution < -0.4 is 16.2 Å². The van der Waals surface area contributed by atoms with E-state index in [0.29, 0.717) is 11.3 Å². The summed E-state index contributed by atoms with van der Waals surface area (Å²) in [6.07, 6.45) is 3.67. The first-order valence-electron chi connectivity index (χ1n) is 15.0. The van der Waals surface area contributed by atoms with E-state index in [1.807, 2.05) is 13.8 Å². The van der Waals surface area contributed by atoms with E-state index < -0.39 is 44.0 Å². The van der Waals surface area contributed by atoms with Crippen LogP contribution in [0.1, 0.15) is 44.9 Å². The Bertz CT molecular complexity index is 2110. The van der Waals surface area contributed by atoms with E-state index >= 15 is 8.78 Å². The molecule has 5 rings (SSSR count). The normalized spacial score (nSPS) is 17.1. The number of halogens is 3. The van der Waals surface area contributed by atoms with Gasteiger partial charge in [0, 0.05) is 59.8 Å². The Balaban J connectivity index is 2.04. The van der Waals surface area contributed by atoms with E-state index in [0.717, 1.165) is 16.9 Å². The summed E-state index contributed by atoms with van der Waals surface area (Å²) in [7, 11) is -4.30. The van der Waals surface area contributed by atoms with Crippen LogP contribution in [-0.4, -0.2) is 60.2 Å². The van der Waals surface area contributed by atoms with Gasteiger partial charge in [-0.05, 0) is 62.6 Å². The minimum Gasteiger partial charge on any atom is -0.398 e. The standard InChI is InChI=1S/C34H36ClF2N5O4S/c1-8-25(43)40-15-20(6)41(16-19(40)5)32-21-14-22(35)26(27-23(36)10-9-11-24(27)38)28(37)31(21)42(34(44)33(32)47(7,45)46)30-18(4)12-13-39-29(30)17(2)3/h8-14,17,19-20H,1,15-16,38H2,2-7H3/t19-,20+/m1/s1. The fourth-order valence-electron chi connectivity index (χ4n) is 6.45. The molecule has 2 atom stereocenters. The number of carbonyl (C=O) groups excluding carboxylic acids is 1. The summed E-state index contributed by atoms with van der Waals surface area (Å²) in [5.74, 6) is -2.47. The minimum absolute atomic E-state index is 0.00620. The Morgan fingerprint density at radius 1 is 1.13 bits per heavy atom. The number of benzene rings is 2. The van der Waals surface area contributed by atoms with Crippen molar-refractivity contribution >= 4 is 49.6 Å². The van der Waals surface area contributed by atoms with Gasteiger partial charge in [-0.2, -0.15) is 0 Å². The average Bonchev–Trinajstić information content (AvgIpc) is 2.98. The molecule has 0 unspecified atom stereocenters. The van der Waals surface area contributed by atoms with E-state index in [1.54, 1.807) is 42.8 Å². The molecule has 2 N–H and O–H groups in total. The predicted octanol–water partition coefficient (Wildman–Crippen LogP) is 6.01. The molecule has 1 aliphatic rings. The van der Waals surface area contributed by atoms with Crippen LogP contribution in [0, 0.1) is 18.6 Å². The number of piperazine rings is 1. The van der Waals surface area contributed by atoms with Crippen LogP contribution >= 0.6 is 11.6 Å². The van der Waals surface area contributed by atoms with Crippen LogP contribution in [0.4, 0.5) is 20.2 Å². The van der Waals surface area contributed by atoms with E-state index in [1.165, 1.54) is 24.3 Å². The van der Waals surface area contributed by atoms with Crippen molar-refractivity contribution in [3.05, 3.63) is 87.5 Å². The number of rotatable bonds is 6. The van der Waals surface area contributed by atoms with Crippen molar-refractivity contribution < 1.29 is 22.0 Å². The summed E-state index contributed by atoms with van der Waals surface area (Å²) in [4.78, 5) is 34.6. The molecular formula is C34H36ClF2N5O4S. The molecule has 0 aliphatic carbocycles. The first-order chi connectivity index (χ1) is 22.0. The van der Waals surface area contributed by atoms with E-state index in [-0.39, 0.29) is 69.0 Å². The van der Waals surface area contributed by atoms with E-state index in [9.17, 15) is 18.0 Å². The van der Waals surface area contributed by atoms with Gasteiger partial charge in [-0.1, -0.05) is 38.1 Å². The van der Waals surface area contributed by atoms with E-state index in [4.69, 9.17) is 17.3 Å². The van der Waals surface area contributed by atoms with Gasteiger partial charge in [-0.15, -0.1) is 0 Å². The molecule has 1 amide bonds. The number of amides is 1. The van der Waals surface area contributed by atoms with Crippen molar-refractivity contribution in [3.63, 3.8) is 0 Å². The summed E-state index contributed by atoms with van der Waals surface area (Å²) in [5.41, 5.74) is 5.14. The number of nitrogens with zero attached hydrogens (tertiary/aromatic N) is 4. The van der Waals surface area contributed by atoms with Gasteiger partial charge in [0.1, 0.15) is 5.82 Å². The second-order valence-corrected chi connectivity index (χ2v) is 14.7. The van der Waals surface area contributed by atoms with Crippen molar-refractivity contribution in [3.8, 4) is 16.8 Å². The molecule has 47 heavy (non-hydrogen) atoms. The molecule has 9 nitrogen and oxygen atoms in total. The van der Waals surface area contributed by atoms with Gasteiger partial charge in [-0.25, -0.2) is 17.2 Å². The van der Waals surface area contributed by atoms with Gasteiger partial charge in [0.25, 0.3) is 5.56 Å². The Labute approximate surface area is 277 Å². The Morgan fingerprint density at radius 3 is 2.40 bits per heavy atom. The highest BCUT2D eigenvalue weighted by atomic mass is 35.5. The topological polar surface area (TPSA) is 119 Å². The minimum atomic E-state index is -4.30. The van der Waals surface area contributed by atoms with Crippen LogP contribution in [0.3, 0.4) is 0 Å². The molecule has 2 aromatic carbocycles. The molecule has 1 aliphatic heterocycles. The van der Waals surface area contributed by atoms with Crippen molar-refractivity contribution in [2.45, 2.75) is 57.5 Å². The van der Waals surface area contributed by atoms with Gasteiger partial charge in [-0.3, -0.25) is 19.1 Å². The van der Waals surface area contributed by atoms with Crippen LogP contribution in [0.15, 0.2) is 58.9 Å². The van der Waals surface area contributed by atoms with Crippen molar-refractivity contribution in [2.24, 2.45) is 0 Å². The van der Waals surface area contributed by atoms with Crippen LogP contribution in [0.25, 0.3) is 27.7 Å². The van der Waals surface area contributed by atoms with Crippen molar-refractivity contribution in [1.29, 1.82) is 0 Å². The Kier molecular flexibility index (Phi) is 8.97. The molecule has 4 aromatic rings. The molecule has 248 valence electrons. The Morgan fingerprint density at radius 2 is 1.81 bits per heavy atom. The third kappa shape index (κ3) is 5.67. The second kappa shape index (κ2) is 12.4. The fourth-order valence-corrected chi connectivity index (χ4v) is 7.72. The first-order valence-corrected chi connectivity index (χ1v) is 17.3. The summed E-state index contributed by atoms with van der Waals surface area (Å²) in [5, 5.41) is -0.238. The Hall–Kier alpha value is -4.29. The first kappa shape index (κ1) is 34.1. The molecule has 13 heteroatoms. The number of hydrogen-bond acceptors (Lipinski definition) is 7. The van der Waals surface area contributed by atoms with E-state index in [2.05, 4.69) is 11.6 Å². The third-order valence-corrected chi connectivity index (χ3v) is 10.0. The maximum Gasteiger partial charge on any atom is 0.276 e. The molecule has 2 aromatic heterocycles. The molecule has 0 spiro atoms. The molecule has 0 saturated carbocycles. The number of fused-ring (bicyclic) bond motifs is 1. The molecule has 0 bridgehead atoms. The fraction of sp³-hybridized carbons (Fsp3) is 0.324. The zero-order valence-electron chi connectivity index (χ0n) is 26.9. The summed E-state index contributed by atoms with van der Waals surface area (Å²) < 4.78 is 61.1. The SMILES string of the molecule is C=CC(=O)N1C[C@H](C)N(c2c(S(C)(=O)=O)c(=O)n(-c3c(C)ccnc3C(C)C)c3c(F)c(-c4c(N)cccc4F)c(Cl)cc23)C[C@H]1C. The number of nitrogen functional groups attached to an aromatic ring is 1. The van der Waals surface area contributed by atoms with Gasteiger partial charge in [0.15, 0.2) is 20.5 Å². The third-order valence-electron chi connectivity index (χ3n) is 8.61. The number of anilines is 2. The van der Waals surface area contributed by atoms with Crippen LogP contribution in [0.5, 0.6) is 0 Å². The maximum absolute atomic E-state index is 17.4. The molecule has 3 heterocycles. The largest absolute Gasteiger partial charge is 0.398 e. The lowest BCUT2D eigenvalue weighted by molar-refractivity contribution is -0.128. The lowest BCUT2D eigenvalue weighted by Crippen LogP contribution is -2.58. The quantitative estimate of drug-likeness (QED) is 0.195. The maximum atomic E-state index is 17.4. The summed E-state index contributed by atoms with van der Waals surface area (Å²) in [6, 6.07) is 5.92. The summed E-state index contributed by atoms with van der Waals surface area (Å²) in [6.45, 7) is 12.8. The van der Waals surface area contributed by atoms with Gasteiger partial charge < -0.3 is 15.5 Å². The number of sulfone groups is 1. The van der Waals surface area contributed by atoms with Crippen LogP contribution in [0.2, 0.25) is 5.02 Å². The highest BCUT2D eigenvalue weighted by Gasteiger charge is 2.38. The number of aryl methyl sites for hydroxylation is 1. The number of nitrogens with two attached hydrogens (primary N) is 1. The van der Waals surface area contributed by atoms with Gasteiger partial charge >= 0.3 is 0 Å². The molecular weight excluding hydrogens is 648 g/mol. The molecule has 1 fully saturated rings. The summed E-state index contributed by atoms with van der Waals surface area (Å²) >= 11 is 6.77. The number of hydrogen-bond donors (Lipinski definition) is 1. The average molecular weight is 684 g/mol. The number of carbonyl (C=O) groups is 1. The highest BCUT2D eigenvalue weighted by Crippen LogP contribution is 2.45. The smallest absolute Gasteiger partial charge is 0.276 e. The molecule has 1 saturated heterocycles. The van der Waals surface area contributed by atoms with Gasteiger partial charge in [0.05, 0.1) is 27.6 Å². The monoisotopic (exact) mass is 683 g/mol. The van der Waals surface area contributed by atoms with Crippen molar-refractivity contribution in [1.82, 2.24) is 14.5 Å². The zero-order chi connectivity index (χ0) is 34.7. The lowest BCUT2D eigenvalue weighted by Gasteiger charge is -2.45. The highest BCUT2D eigenvalue weighted by molar-refractivity contribution is 7.90. The molecule has 0 radical (unpaired) electrons.